The highest BCUT2D eigenvalue weighted by atomic mass is 16.6. The number of hydrogen-bond donors (Lipinski definition) is 0. The van der Waals surface area contributed by atoms with Gasteiger partial charge in [-0.3, -0.25) is 0 Å². The number of ether oxygens (including phenoxy) is 1. The van der Waals surface area contributed by atoms with Crippen LogP contribution in [0, 0.1) is 12.8 Å². The fourth-order valence-electron chi connectivity index (χ4n) is 1.49. The van der Waals surface area contributed by atoms with E-state index < -0.39 is 0 Å². The molecule has 0 spiro atoms. The fraction of sp³-hybridized carbons (Fsp3) is 0.857. The highest BCUT2D eigenvalue weighted by Crippen LogP contribution is 2.38. The van der Waals surface area contributed by atoms with E-state index in [9.17, 15) is 0 Å². The maximum Gasteiger partial charge on any atom is 0.0840 e. The van der Waals surface area contributed by atoms with Gasteiger partial charge in [-0.1, -0.05) is 6.42 Å². The van der Waals surface area contributed by atoms with Crippen LogP contribution in [-0.2, 0) is 4.74 Å². The maximum atomic E-state index is 5.31. The lowest BCUT2D eigenvalue weighted by atomic mass is 9.91. The summed E-state index contributed by atoms with van der Waals surface area (Å²) in [5.74, 6) is 0.679. The van der Waals surface area contributed by atoms with Crippen molar-refractivity contribution in [2.45, 2.75) is 31.5 Å². The highest BCUT2D eigenvalue weighted by molar-refractivity contribution is 4.92. The second kappa shape index (κ2) is 1.47. The molecular weight excluding hydrogens is 100 g/mol. The number of hydrogen-bond acceptors (Lipinski definition) is 1. The molecule has 0 N–H and O–H groups in total. The molecule has 1 aliphatic heterocycles. The summed E-state index contributed by atoms with van der Waals surface area (Å²) in [6, 6.07) is 0. The standard InChI is InChI=1S/C7H11O/c1-5-2-3-6-7(4-5)8-6/h5-7H,1-4H2/q-1. The van der Waals surface area contributed by atoms with Crippen LogP contribution >= 0.6 is 0 Å². The van der Waals surface area contributed by atoms with Gasteiger partial charge in [0.05, 0.1) is 12.2 Å². The SMILES string of the molecule is [CH2-]C1CCC2OC2C1. The molecule has 0 aromatic carbocycles. The molecule has 2 rings (SSSR count). The average molecular weight is 111 g/mol. The van der Waals surface area contributed by atoms with Gasteiger partial charge in [0.25, 0.3) is 0 Å². The molecule has 1 heteroatoms. The molecule has 2 fully saturated rings. The Morgan fingerprint density at radius 3 is 2.75 bits per heavy atom. The Morgan fingerprint density at radius 2 is 2.12 bits per heavy atom. The van der Waals surface area contributed by atoms with Gasteiger partial charge in [0.15, 0.2) is 0 Å². The van der Waals surface area contributed by atoms with Crippen molar-refractivity contribution in [3.63, 3.8) is 0 Å². The molecular formula is C7H11O-. The van der Waals surface area contributed by atoms with Gasteiger partial charge in [-0.05, 0) is 12.8 Å². The van der Waals surface area contributed by atoms with E-state index in [1.54, 1.807) is 0 Å². The lowest BCUT2D eigenvalue weighted by Crippen LogP contribution is -2.09. The molecule has 0 aromatic rings. The van der Waals surface area contributed by atoms with Gasteiger partial charge in [0.1, 0.15) is 0 Å². The molecule has 1 aliphatic carbocycles. The Kier molecular flexibility index (Phi) is 0.884. The third-order valence-electron chi connectivity index (χ3n) is 2.11. The van der Waals surface area contributed by atoms with Crippen LogP contribution in [-0.4, -0.2) is 12.2 Å². The minimum Gasteiger partial charge on any atom is -0.370 e. The first-order valence-electron chi connectivity index (χ1n) is 3.35. The van der Waals surface area contributed by atoms with Crippen molar-refractivity contribution >= 4 is 0 Å². The summed E-state index contributed by atoms with van der Waals surface area (Å²) in [4.78, 5) is 0. The van der Waals surface area contributed by atoms with Crippen molar-refractivity contribution in [3.8, 4) is 0 Å². The Labute approximate surface area is 50.0 Å². The zero-order valence-electron chi connectivity index (χ0n) is 4.97. The van der Waals surface area contributed by atoms with Crippen LogP contribution in [0.25, 0.3) is 0 Å². The zero-order chi connectivity index (χ0) is 5.56. The molecule has 3 atom stereocenters. The van der Waals surface area contributed by atoms with E-state index in [1.807, 2.05) is 0 Å². The van der Waals surface area contributed by atoms with E-state index in [2.05, 4.69) is 6.92 Å². The van der Waals surface area contributed by atoms with Crippen molar-refractivity contribution in [1.29, 1.82) is 0 Å². The van der Waals surface area contributed by atoms with E-state index in [-0.39, 0.29) is 0 Å². The largest absolute Gasteiger partial charge is 0.370 e. The summed E-state index contributed by atoms with van der Waals surface area (Å²) < 4.78 is 5.31. The Bertz CT molecular complexity index is 101. The van der Waals surface area contributed by atoms with Crippen LogP contribution < -0.4 is 0 Å². The third-order valence-corrected chi connectivity index (χ3v) is 2.11. The predicted molar refractivity (Wildman–Crippen MR) is 31.4 cm³/mol. The van der Waals surface area contributed by atoms with Crippen LogP contribution in [0.1, 0.15) is 19.3 Å². The Hall–Kier alpha value is -0.0400. The van der Waals surface area contributed by atoms with E-state index in [0.29, 0.717) is 18.1 Å². The van der Waals surface area contributed by atoms with Crippen molar-refractivity contribution in [2.24, 2.45) is 5.92 Å². The third kappa shape index (κ3) is 0.655. The fourth-order valence-corrected chi connectivity index (χ4v) is 1.49. The minimum absolute atomic E-state index is 0.617. The van der Waals surface area contributed by atoms with E-state index in [0.717, 1.165) is 0 Å². The quantitative estimate of drug-likeness (QED) is 0.340. The molecule has 0 amide bonds. The normalized spacial score (nSPS) is 52.9. The van der Waals surface area contributed by atoms with Crippen molar-refractivity contribution in [1.82, 2.24) is 0 Å². The van der Waals surface area contributed by atoms with Crippen LogP contribution in [0.2, 0.25) is 0 Å². The monoisotopic (exact) mass is 111 g/mol. The summed E-state index contributed by atoms with van der Waals surface area (Å²) in [6.45, 7) is 3.99. The van der Waals surface area contributed by atoms with Gasteiger partial charge < -0.3 is 11.7 Å². The van der Waals surface area contributed by atoms with Crippen LogP contribution in [0.4, 0.5) is 0 Å². The van der Waals surface area contributed by atoms with Crippen molar-refractivity contribution in [3.05, 3.63) is 6.92 Å². The molecule has 1 heterocycles. The first kappa shape index (κ1) is 4.80. The molecule has 3 unspecified atom stereocenters. The summed E-state index contributed by atoms with van der Waals surface area (Å²) in [7, 11) is 0. The van der Waals surface area contributed by atoms with Crippen LogP contribution in [0.15, 0.2) is 0 Å². The smallest absolute Gasteiger partial charge is 0.0840 e. The van der Waals surface area contributed by atoms with Crippen LogP contribution in [0.3, 0.4) is 0 Å². The highest BCUT2D eigenvalue weighted by Gasteiger charge is 2.40. The molecule has 0 bridgehead atoms. The lowest BCUT2D eigenvalue weighted by molar-refractivity contribution is 0.370. The molecule has 46 valence electrons. The first-order chi connectivity index (χ1) is 3.86. The predicted octanol–water partition coefficient (Wildman–Crippen LogP) is 1.39. The second-order valence-corrected chi connectivity index (χ2v) is 2.89. The van der Waals surface area contributed by atoms with Gasteiger partial charge in [0, 0.05) is 0 Å². The number of fused-ring (bicyclic) bond motifs is 1. The topological polar surface area (TPSA) is 12.5 Å². The van der Waals surface area contributed by atoms with Gasteiger partial charge in [-0.25, -0.2) is 0 Å². The summed E-state index contributed by atoms with van der Waals surface area (Å²) in [6.07, 6.45) is 5.02. The first-order valence-corrected chi connectivity index (χ1v) is 3.35. The van der Waals surface area contributed by atoms with E-state index >= 15 is 0 Å². The Morgan fingerprint density at radius 1 is 1.25 bits per heavy atom. The summed E-state index contributed by atoms with van der Waals surface area (Å²) in [5, 5.41) is 0. The Balaban J connectivity index is 1.93. The van der Waals surface area contributed by atoms with Gasteiger partial charge in [-0.15, -0.1) is 0 Å². The number of rotatable bonds is 0. The van der Waals surface area contributed by atoms with E-state index in [1.165, 1.54) is 19.3 Å². The minimum atomic E-state index is 0.617. The van der Waals surface area contributed by atoms with E-state index in [4.69, 9.17) is 4.74 Å². The molecule has 0 radical (unpaired) electrons. The molecule has 1 nitrogen and oxygen atoms in total. The number of epoxide rings is 1. The lowest BCUT2D eigenvalue weighted by Gasteiger charge is -2.18. The summed E-state index contributed by atoms with van der Waals surface area (Å²) >= 11 is 0. The zero-order valence-corrected chi connectivity index (χ0v) is 4.97. The second-order valence-electron chi connectivity index (χ2n) is 2.89. The van der Waals surface area contributed by atoms with Crippen molar-refractivity contribution < 1.29 is 4.74 Å². The average Bonchev–Trinajstić information content (AvgIpc) is 2.43. The molecule has 0 aromatic heterocycles. The van der Waals surface area contributed by atoms with Crippen LogP contribution in [0.5, 0.6) is 0 Å². The molecule has 1 saturated carbocycles. The van der Waals surface area contributed by atoms with Gasteiger partial charge in [0.2, 0.25) is 0 Å². The molecule has 2 aliphatic rings. The maximum absolute atomic E-state index is 5.31. The summed E-state index contributed by atoms with van der Waals surface area (Å²) in [5.41, 5.74) is 0. The van der Waals surface area contributed by atoms with Gasteiger partial charge >= 0.3 is 0 Å². The molecule has 8 heavy (non-hydrogen) atoms. The van der Waals surface area contributed by atoms with Crippen molar-refractivity contribution in [2.75, 3.05) is 0 Å². The van der Waals surface area contributed by atoms with Gasteiger partial charge in [-0.2, -0.15) is 5.92 Å². The molecule has 1 saturated heterocycles.